The Kier molecular flexibility index (Phi) is 5.30. The maximum atomic E-state index is 9.95. The van der Waals surface area contributed by atoms with E-state index in [4.69, 9.17) is 4.74 Å². The van der Waals surface area contributed by atoms with E-state index in [1.54, 1.807) is 0 Å². The quantitative estimate of drug-likeness (QED) is 0.765. The molecule has 2 fully saturated rings. The number of ether oxygens (including phenoxy) is 1. The van der Waals surface area contributed by atoms with Crippen LogP contribution in [0.25, 0.3) is 0 Å². The van der Waals surface area contributed by atoms with Gasteiger partial charge in [0.1, 0.15) is 0 Å². The zero-order chi connectivity index (χ0) is 12.1. The van der Waals surface area contributed by atoms with E-state index in [-0.39, 0.29) is 12.2 Å². The molecule has 0 amide bonds. The standard InChI is InChI=1S/C15H28O2/c1-12-8-9-14(16)15(10-12)17-11-13-6-4-2-3-5-7-13/h12-16H,2-11H2,1H3. The zero-order valence-electron chi connectivity index (χ0n) is 11.2. The lowest BCUT2D eigenvalue weighted by Crippen LogP contribution is -2.36. The highest BCUT2D eigenvalue weighted by molar-refractivity contribution is 4.79. The molecule has 0 aliphatic heterocycles. The fourth-order valence-electron chi connectivity index (χ4n) is 3.28. The van der Waals surface area contributed by atoms with Gasteiger partial charge in [-0.2, -0.15) is 0 Å². The van der Waals surface area contributed by atoms with Crippen LogP contribution in [0.3, 0.4) is 0 Å². The first-order chi connectivity index (χ1) is 8.25. The molecule has 0 heterocycles. The first-order valence-corrected chi connectivity index (χ1v) is 7.55. The van der Waals surface area contributed by atoms with Crippen molar-refractivity contribution in [2.45, 2.75) is 76.9 Å². The van der Waals surface area contributed by atoms with Crippen LogP contribution in [0.2, 0.25) is 0 Å². The Hall–Kier alpha value is -0.0800. The summed E-state index contributed by atoms with van der Waals surface area (Å²) in [6.07, 6.45) is 11.2. The molecule has 2 aliphatic carbocycles. The number of aliphatic hydroxyl groups is 1. The molecule has 0 radical (unpaired) electrons. The topological polar surface area (TPSA) is 29.5 Å². The highest BCUT2D eigenvalue weighted by atomic mass is 16.5. The smallest absolute Gasteiger partial charge is 0.0836 e. The predicted octanol–water partition coefficient (Wildman–Crippen LogP) is 3.52. The first-order valence-electron chi connectivity index (χ1n) is 7.55. The maximum absolute atomic E-state index is 9.95. The van der Waals surface area contributed by atoms with Crippen LogP contribution >= 0.6 is 0 Å². The molecule has 2 saturated carbocycles. The van der Waals surface area contributed by atoms with E-state index >= 15 is 0 Å². The molecule has 0 spiro atoms. The van der Waals surface area contributed by atoms with Gasteiger partial charge in [0, 0.05) is 6.61 Å². The van der Waals surface area contributed by atoms with Gasteiger partial charge in [0.05, 0.1) is 12.2 Å². The molecule has 3 atom stereocenters. The Labute approximate surface area is 106 Å². The summed E-state index contributed by atoms with van der Waals surface area (Å²) in [5, 5.41) is 9.95. The monoisotopic (exact) mass is 240 g/mol. The van der Waals surface area contributed by atoms with Gasteiger partial charge in [-0.15, -0.1) is 0 Å². The Morgan fingerprint density at radius 1 is 1.00 bits per heavy atom. The van der Waals surface area contributed by atoms with E-state index in [0.717, 1.165) is 37.7 Å². The SMILES string of the molecule is CC1CCC(O)C(OCC2CCCCCC2)C1. The van der Waals surface area contributed by atoms with Crippen molar-refractivity contribution in [2.24, 2.45) is 11.8 Å². The van der Waals surface area contributed by atoms with E-state index in [2.05, 4.69) is 6.92 Å². The molecule has 3 unspecified atom stereocenters. The highest BCUT2D eigenvalue weighted by Crippen LogP contribution is 2.28. The van der Waals surface area contributed by atoms with Crippen LogP contribution in [0.5, 0.6) is 0 Å². The second-order valence-corrected chi connectivity index (χ2v) is 6.21. The fourth-order valence-corrected chi connectivity index (χ4v) is 3.28. The summed E-state index contributed by atoms with van der Waals surface area (Å²) < 4.78 is 6.01. The first kappa shape index (κ1) is 13.4. The molecule has 0 aromatic rings. The molecule has 0 aromatic heterocycles. The maximum Gasteiger partial charge on any atom is 0.0836 e. The Bertz CT molecular complexity index is 209. The minimum Gasteiger partial charge on any atom is -0.390 e. The van der Waals surface area contributed by atoms with Gasteiger partial charge in [0.15, 0.2) is 0 Å². The van der Waals surface area contributed by atoms with Crippen LogP contribution in [0.15, 0.2) is 0 Å². The van der Waals surface area contributed by atoms with Gasteiger partial charge in [-0.25, -0.2) is 0 Å². The number of hydrogen-bond acceptors (Lipinski definition) is 2. The second kappa shape index (κ2) is 6.75. The molecule has 0 bridgehead atoms. The van der Waals surface area contributed by atoms with Crippen molar-refractivity contribution in [2.75, 3.05) is 6.61 Å². The van der Waals surface area contributed by atoms with Gasteiger partial charge < -0.3 is 9.84 Å². The van der Waals surface area contributed by atoms with Crippen molar-refractivity contribution >= 4 is 0 Å². The number of aliphatic hydroxyl groups excluding tert-OH is 1. The summed E-state index contributed by atoms with van der Waals surface area (Å²) in [4.78, 5) is 0. The molecule has 0 aromatic carbocycles. The molecule has 17 heavy (non-hydrogen) atoms. The van der Waals surface area contributed by atoms with Gasteiger partial charge in [-0.1, -0.05) is 32.6 Å². The van der Waals surface area contributed by atoms with Crippen molar-refractivity contribution in [3.05, 3.63) is 0 Å². The molecular weight excluding hydrogens is 212 g/mol. The van der Waals surface area contributed by atoms with Crippen LogP contribution in [-0.2, 0) is 4.74 Å². The lowest BCUT2D eigenvalue weighted by Gasteiger charge is -2.32. The lowest BCUT2D eigenvalue weighted by atomic mass is 9.86. The fraction of sp³-hybridized carbons (Fsp3) is 1.00. The van der Waals surface area contributed by atoms with Crippen molar-refractivity contribution < 1.29 is 9.84 Å². The summed E-state index contributed by atoms with van der Waals surface area (Å²) in [5.74, 6) is 1.47. The summed E-state index contributed by atoms with van der Waals surface area (Å²) >= 11 is 0. The van der Waals surface area contributed by atoms with Crippen molar-refractivity contribution in [3.8, 4) is 0 Å². The third-order valence-corrected chi connectivity index (χ3v) is 4.54. The number of hydrogen-bond donors (Lipinski definition) is 1. The van der Waals surface area contributed by atoms with Crippen LogP contribution in [0.4, 0.5) is 0 Å². The summed E-state index contributed by atoms with van der Waals surface area (Å²) in [5.41, 5.74) is 0. The Morgan fingerprint density at radius 3 is 2.41 bits per heavy atom. The molecule has 2 aliphatic rings. The van der Waals surface area contributed by atoms with Crippen LogP contribution in [0.1, 0.15) is 64.7 Å². The second-order valence-electron chi connectivity index (χ2n) is 6.21. The van der Waals surface area contributed by atoms with Crippen LogP contribution in [0, 0.1) is 11.8 Å². The Balaban J connectivity index is 1.72. The molecule has 0 saturated heterocycles. The molecule has 2 heteroatoms. The minimum absolute atomic E-state index is 0.113. The van der Waals surface area contributed by atoms with E-state index in [1.165, 1.54) is 38.5 Å². The molecule has 100 valence electrons. The third kappa shape index (κ3) is 4.26. The predicted molar refractivity (Wildman–Crippen MR) is 70.0 cm³/mol. The zero-order valence-corrected chi connectivity index (χ0v) is 11.2. The van der Waals surface area contributed by atoms with Gasteiger partial charge >= 0.3 is 0 Å². The summed E-state index contributed by atoms with van der Waals surface area (Å²) in [7, 11) is 0. The molecule has 2 rings (SSSR count). The van der Waals surface area contributed by atoms with E-state index < -0.39 is 0 Å². The summed E-state index contributed by atoms with van der Waals surface area (Å²) in [6.45, 7) is 3.16. The lowest BCUT2D eigenvalue weighted by molar-refractivity contribution is -0.0800. The minimum atomic E-state index is -0.211. The Morgan fingerprint density at radius 2 is 1.71 bits per heavy atom. The largest absolute Gasteiger partial charge is 0.390 e. The third-order valence-electron chi connectivity index (χ3n) is 4.54. The molecule has 1 N–H and O–H groups in total. The number of rotatable bonds is 3. The van der Waals surface area contributed by atoms with Crippen molar-refractivity contribution in [3.63, 3.8) is 0 Å². The average Bonchev–Trinajstić information content (AvgIpc) is 2.59. The van der Waals surface area contributed by atoms with Crippen molar-refractivity contribution in [1.29, 1.82) is 0 Å². The normalized spacial score (nSPS) is 36.7. The summed E-state index contributed by atoms with van der Waals surface area (Å²) in [6, 6.07) is 0. The van der Waals surface area contributed by atoms with E-state index in [9.17, 15) is 5.11 Å². The van der Waals surface area contributed by atoms with Crippen LogP contribution in [-0.4, -0.2) is 23.9 Å². The van der Waals surface area contributed by atoms with Gasteiger partial charge in [0.25, 0.3) is 0 Å². The van der Waals surface area contributed by atoms with Gasteiger partial charge in [-0.3, -0.25) is 0 Å². The molecule has 2 nitrogen and oxygen atoms in total. The highest BCUT2D eigenvalue weighted by Gasteiger charge is 2.28. The van der Waals surface area contributed by atoms with Crippen LogP contribution < -0.4 is 0 Å². The van der Waals surface area contributed by atoms with Gasteiger partial charge in [0.2, 0.25) is 0 Å². The van der Waals surface area contributed by atoms with Gasteiger partial charge in [-0.05, 0) is 43.9 Å². The van der Waals surface area contributed by atoms with Crippen molar-refractivity contribution in [1.82, 2.24) is 0 Å². The van der Waals surface area contributed by atoms with E-state index in [1.807, 2.05) is 0 Å². The van der Waals surface area contributed by atoms with E-state index in [0.29, 0.717) is 0 Å². The average molecular weight is 240 g/mol. The molecular formula is C15H28O2.